The minimum absolute atomic E-state index is 0.175. The molecule has 0 saturated carbocycles. The highest BCUT2D eigenvalue weighted by atomic mass is 16.5. The van der Waals surface area contributed by atoms with Gasteiger partial charge in [-0.25, -0.2) is 0 Å². The number of aryl methyl sites for hydroxylation is 4. The van der Waals surface area contributed by atoms with Gasteiger partial charge in [0.2, 0.25) is 0 Å². The molecule has 0 heterocycles. The van der Waals surface area contributed by atoms with E-state index in [2.05, 4.69) is 83.3 Å². The molecule has 142 valence electrons. The fourth-order valence-electron chi connectivity index (χ4n) is 3.43. The second kappa shape index (κ2) is 9.31. The number of nitrogens with one attached hydrogen (secondary N) is 1. The van der Waals surface area contributed by atoms with Crippen molar-refractivity contribution in [3.8, 4) is 0 Å². The summed E-state index contributed by atoms with van der Waals surface area (Å²) < 4.78 is 6.34. The first kappa shape index (κ1) is 20.6. The van der Waals surface area contributed by atoms with E-state index in [0.717, 1.165) is 0 Å². The Morgan fingerprint density at radius 3 is 1.65 bits per heavy atom. The Morgan fingerprint density at radius 2 is 1.27 bits per heavy atom. The van der Waals surface area contributed by atoms with Gasteiger partial charge in [-0.3, -0.25) is 0 Å². The topological polar surface area (TPSA) is 41.5 Å². The minimum atomic E-state index is -0.534. The summed E-state index contributed by atoms with van der Waals surface area (Å²) in [6, 6.07) is 13.0. The quantitative estimate of drug-likeness (QED) is 0.738. The molecule has 0 radical (unpaired) electrons. The van der Waals surface area contributed by atoms with Crippen molar-refractivity contribution in [2.75, 3.05) is 13.2 Å². The molecule has 0 saturated heterocycles. The summed E-state index contributed by atoms with van der Waals surface area (Å²) in [5.74, 6) is 0. The van der Waals surface area contributed by atoms with Crippen LogP contribution in [0.3, 0.4) is 0 Å². The van der Waals surface area contributed by atoms with Crippen molar-refractivity contribution < 1.29 is 9.84 Å². The zero-order valence-electron chi connectivity index (χ0n) is 17.0. The van der Waals surface area contributed by atoms with Gasteiger partial charge >= 0.3 is 0 Å². The standard InChI is InChI=1S/C23H33NO2/c1-15(2)24-13-20(25)14-26-23(21-16(3)9-7-10-17(21)4)22-18(5)11-8-12-19(22)6/h7-12,15,20,23-25H,13-14H2,1-6H3/t20-/m1/s1. The van der Waals surface area contributed by atoms with E-state index in [1.54, 1.807) is 0 Å². The van der Waals surface area contributed by atoms with Crippen molar-refractivity contribution in [2.24, 2.45) is 0 Å². The number of aliphatic hydroxyl groups is 1. The maximum absolute atomic E-state index is 10.3. The molecule has 0 spiro atoms. The maximum Gasteiger partial charge on any atom is 0.109 e. The van der Waals surface area contributed by atoms with Gasteiger partial charge in [0.15, 0.2) is 0 Å². The van der Waals surface area contributed by atoms with Gasteiger partial charge < -0.3 is 15.2 Å². The van der Waals surface area contributed by atoms with Crippen molar-refractivity contribution in [2.45, 2.75) is 59.8 Å². The Labute approximate surface area is 158 Å². The van der Waals surface area contributed by atoms with Gasteiger partial charge in [-0.2, -0.15) is 0 Å². The molecule has 0 aliphatic heterocycles. The van der Waals surface area contributed by atoms with E-state index >= 15 is 0 Å². The molecule has 2 rings (SSSR count). The molecule has 3 nitrogen and oxygen atoms in total. The Bertz CT molecular complexity index is 632. The molecule has 1 atom stereocenters. The van der Waals surface area contributed by atoms with Crippen LogP contribution in [0.25, 0.3) is 0 Å². The molecule has 0 aliphatic carbocycles. The van der Waals surface area contributed by atoms with Crippen LogP contribution in [-0.4, -0.2) is 30.4 Å². The molecule has 0 aliphatic rings. The summed E-state index contributed by atoms with van der Waals surface area (Å²) in [7, 11) is 0. The summed E-state index contributed by atoms with van der Waals surface area (Å²) in [6.45, 7) is 13.5. The third kappa shape index (κ3) is 5.16. The average molecular weight is 356 g/mol. The summed E-state index contributed by atoms with van der Waals surface area (Å²) >= 11 is 0. The highest BCUT2D eigenvalue weighted by Crippen LogP contribution is 2.34. The predicted molar refractivity (Wildman–Crippen MR) is 109 cm³/mol. The SMILES string of the molecule is Cc1cccc(C)c1C(OC[C@H](O)CNC(C)C)c1c(C)cccc1C. The second-order valence-electron chi connectivity index (χ2n) is 7.54. The monoisotopic (exact) mass is 355 g/mol. The first-order chi connectivity index (χ1) is 12.3. The van der Waals surface area contributed by atoms with Crippen LogP contribution in [0.2, 0.25) is 0 Å². The third-order valence-corrected chi connectivity index (χ3v) is 4.83. The number of hydrogen-bond donors (Lipinski definition) is 2. The van der Waals surface area contributed by atoms with Crippen LogP contribution in [0.1, 0.15) is 53.3 Å². The molecule has 0 amide bonds. The summed E-state index contributed by atoms with van der Waals surface area (Å²) in [5.41, 5.74) is 7.27. The van der Waals surface area contributed by atoms with Crippen LogP contribution >= 0.6 is 0 Å². The molecule has 0 aromatic heterocycles. The minimum Gasteiger partial charge on any atom is -0.389 e. The number of hydrogen-bond acceptors (Lipinski definition) is 3. The lowest BCUT2D eigenvalue weighted by Crippen LogP contribution is -2.35. The van der Waals surface area contributed by atoms with Crippen LogP contribution in [-0.2, 0) is 4.74 Å². The summed E-state index contributed by atoms with van der Waals surface area (Å²) in [4.78, 5) is 0. The van der Waals surface area contributed by atoms with E-state index in [4.69, 9.17) is 4.74 Å². The van der Waals surface area contributed by atoms with Crippen molar-refractivity contribution >= 4 is 0 Å². The Kier molecular flexibility index (Phi) is 7.39. The van der Waals surface area contributed by atoms with Crippen LogP contribution < -0.4 is 5.32 Å². The van der Waals surface area contributed by atoms with Gasteiger partial charge in [-0.05, 0) is 61.1 Å². The molecule has 0 bridgehead atoms. The van der Waals surface area contributed by atoms with Gasteiger partial charge in [0.05, 0.1) is 12.7 Å². The molecular formula is C23H33NO2. The molecular weight excluding hydrogens is 322 g/mol. The molecule has 0 fully saturated rings. The number of rotatable bonds is 8. The van der Waals surface area contributed by atoms with E-state index in [-0.39, 0.29) is 6.10 Å². The molecule has 3 heteroatoms. The predicted octanol–water partition coefficient (Wildman–Crippen LogP) is 4.39. The number of aliphatic hydroxyl groups excluding tert-OH is 1. The summed E-state index contributed by atoms with van der Waals surface area (Å²) in [6.07, 6.45) is -0.709. The van der Waals surface area contributed by atoms with Gasteiger partial charge in [0.1, 0.15) is 6.10 Å². The largest absolute Gasteiger partial charge is 0.389 e. The third-order valence-electron chi connectivity index (χ3n) is 4.83. The van der Waals surface area contributed by atoms with Crippen LogP contribution in [0, 0.1) is 27.7 Å². The van der Waals surface area contributed by atoms with E-state index in [1.807, 2.05) is 0 Å². The Balaban J connectivity index is 2.34. The van der Waals surface area contributed by atoms with Crippen LogP contribution in [0.5, 0.6) is 0 Å². The molecule has 2 N–H and O–H groups in total. The average Bonchev–Trinajstić information content (AvgIpc) is 2.56. The van der Waals surface area contributed by atoms with Gasteiger partial charge in [-0.1, -0.05) is 50.2 Å². The zero-order valence-corrected chi connectivity index (χ0v) is 17.0. The molecule has 2 aromatic rings. The highest BCUT2D eigenvalue weighted by Gasteiger charge is 2.23. The van der Waals surface area contributed by atoms with E-state index in [1.165, 1.54) is 33.4 Å². The smallest absolute Gasteiger partial charge is 0.109 e. The Hall–Kier alpha value is -1.68. The number of benzene rings is 2. The molecule has 0 unspecified atom stereocenters. The lowest BCUT2D eigenvalue weighted by Gasteiger charge is -2.27. The van der Waals surface area contributed by atoms with Crippen molar-refractivity contribution in [3.05, 3.63) is 69.8 Å². The van der Waals surface area contributed by atoms with Crippen molar-refractivity contribution in [1.82, 2.24) is 5.32 Å². The van der Waals surface area contributed by atoms with Gasteiger partial charge in [0, 0.05) is 12.6 Å². The van der Waals surface area contributed by atoms with E-state index in [9.17, 15) is 5.11 Å². The van der Waals surface area contributed by atoms with Crippen LogP contribution in [0.15, 0.2) is 36.4 Å². The Morgan fingerprint density at radius 1 is 0.846 bits per heavy atom. The first-order valence-electron chi connectivity index (χ1n) is 9.46. The number of ether oxygens (including phenoxy) is 1. The van der Waals surface area contributed by atoms with Crippen molar-refractivity contribution in [1.29, 1.82) is 0 Å². The highest BCUT2D eigenvalue weighted by molar-refractivity contribution is 5.46. The van der Waals surface area contributed by atoms with Crippen LogP contribution in [0.4, 0.5) is 0 Å². The van der Waals surface area contributed by atoms with Gasteiger partial charge in [0.25, 0.3) is 0 Å². The first-order valence-corrected chi connectivity index (χ1v) is 9.46. The maximum atomic E-state index is 10.3. The molecule has 26 heavy (non-hydrogen) atoms. The second-order valence-corrected chi connectivity index (χ2v) is 7.54. The van der Waals surface area contributed by atoms with Crippen molar-refractivity contribution in [3.63, 3.8) is 0 Å². The fourth-order valence-corrected chi connectivity index (χ4v) is 3.43. The zero-order chi connectivity index (χ0) is 19.3. The van der Waals surface area contributed by atoms with E-state index in [0.29, 0.717) is 19.2 Å². The fraction of sp³-hybridized carbons (Fsp3) is 0.478. The normalized spacial score (nSPS) is 12.8. The lowest BCUT2D eigenvalue weighted by molar-refractivity contribution is 0.00512. The van der Waals surface area contributed by atoms with Gasteiger partial charge in [-0.15, -0.1) is 0 Å². The lowest BCUT2D eigenvalue weighted by atomic mass is 9.88. The summed E-state index contributed by atoms with van der Waals surface area (Å²) in [5, 5.41) is 13.6. The van der Waals surface area contributed by atoms with E-state index < -0.39 is 6.10 Å². The molecule has 2 aromatic carbocycles.